The molecule has 0 bridgehead atoms. The number of carbonyl (C=O) groups excluding carboxylic acids is 2. The van der Waals surface area contributed by atoms with Crippen LogP contribution < -0.4 is 5.32 Å². The fourth-order valence-corrected chi connectivity index (χ4v) is 3.67. The fourth-order valence-electron chi connectivity index (χ4n) is 3.49. The van der Waals surface area contributed by atoms with E-state index in [1.807, 2.05) is 42.7 Å². The number of carbonyl (C=O) groups is 2. The summed E-state index contributed by atoms with van der Waals surface area (Å²) in [6.07, 6.45) is 1.54. The van der Waals surface area contributed by atoms with Gasteiger partial charge in [-0.1, -0.05) is 29.8 Å². The van der Waals surface area contributed by atoms with E-state index in [9.17, 15) is 14.9 Å². The summed E-state index contributed by atoms with van der Waals surface area (Å²) in [6, 6.07) is 16.1. The summed E-state index contributed by atoms with van der Waals surface area (Å²) < 4.78 is 6.80. The van der Waals surface area contributed by atoms with Gasteiger partial charge in [-0.2, -0.15) is 5.26 Å². The van der Waals surface area contributed by atoms with E-state index in [2.05, 4.69) is 5.32 Å². The molecule has 0 saturated heterocycles. The fraction of sp³-hybridized carbons (Fsp3) is 0.160. The lowest BCUT2D eigenvalue weighted by atomic mass is 10.1. The molecule has 1 N–H and O–H groups in total. The maximum Gasteiger partial charge on any atom is 0.339 e. The Balaban J connectivity index is 2.01. The van der Waals surface area contributed by atoms with Gasteiger partial charge in [0.25, 0.3) is 5.91 Å². The first kappa shape index (κ1) is 22.9. The van der Waals surface area contributed by atoms with Crippen molar-refractivity contribution >= 4 is 35.2 Å². The van der Waals surface area contributed by atoms with Gasteiger partial charge < -0.3 is 14.6 Å². The summed E-state index contributed by atoms with van der Waals surface area (Å²) in [4.78, 5) is 25.0. The maximum atomic E-state index is 12.8. The number of para-hydroxylation sites is 1. The van der Waals surface area contributed by atoms with Crippen molar-refractivity contribution in [2.24, 2.45) is 0 Å². The smallest absolute Gasteiger partial charge is 0.339 e. The standard InChI is InChI=1S/C25H22ClN3O3/c1-15-12-18(17(3)29(15)23-11-6-5-8-20(23)25(31)32-4)13-19(14-27)24(30)28-22-10-7-9-21(26)16(22)2/h5-13H,1-4H3,(H,28,30)/b19-13-. The lowest BCUT2D eigenvalue weighted by Crippen LogP contribution is -2.14. The number of rotatable bonds is 5. The molecule has 1 heterocycles. The van der Waals surface area contributed by atoms with Crippen molar-refractivity contribution in [3.05, 3.63) is 87.2 Å². The van der Waals surface area contributed by atoms with Crippen molar-refractivity contribution < 1.29 is 14.3 Å². The molecule has 0 atom stereocenters. The van der Waals surface area contributed by atoms with Crippen LogP contribution in [0.15, 0.2) is 54.1 Å². The van der Waals surface area contributed by atoms with Crippen molar-refractivity contribution in [1.29, 1.82) is 5.26 Å². The maximum absolute atomic E-state index is 12.8. The van der Waals surface area contributed by atoms with Crippen LogP contribution in [0.5, 0.6) is 0 Å². The second-order valence-electron chi connectivity index (χ2n) is 7.21. The average molecular weight is 448 g/mol. The number of nitrogens with one attached hydrogen (secondary N) is 1. The van der Waals surface area contributed by atoms with Gasteiger partial charge in [0.1, 0.15) is 11.6 Å². The second-order valence-corrected chi connectivity index (χ2v) is 7.61. The van der Waals surface area contributed by atoms with E-state index < -0.39 is 11.9 Å². The van der Waals surface area contributed by atoms with Gasteiger partial charge in [-0.3, -0.25) is 4.79 Å². The number of anilines is 1. The average Bonchev–Trinajstić information content (AvgIpc) is 3.07. The Bertz CT molecular complexity index is 1280. The zero-order valence-corrected chi connectivity index (χ0v) is 18.9. The Morgan fingerprint density at radius 3 is 2.53 bits per heavy atom. The summed E-state index contributed by atoms with van der Waals surface area (Å²) in [5.74, 6) is -0.975. The van der Waals surface area contributed by atoms with Gasteiger partial charge in [-0.05, 0) is 68.3 Å². The largest absolute Gasteiger partial charge is 0.465 e. The number of aryl methyl sites for hydroxylation is 1. The third kappa shape index (κ3) is 4.43. The molecule has 32 heavy (non-hydrogen) atoms. The minimum atomic E-state index is -0.530. The summed E-state index contributed by atoms with van der Waals surface area (Å²) >= 11 is 6.12. The van der Waals surface area contributed by atoms with E-state index in [1.54, 1.807) is 37.3 Å². The quantitative estimate of drug-likeness (QED) is 0.323. The number of halogens is 1. The van der Waals surface area contributed by atoms with E-state index in [0.717, 1.165) is 17.0 Å². The highest BCUT2D eigenvalue weighted by molar-refractivity contribution is 6.31. The minimum Gasteiger partial charge on any atom is -0.465 e. The Labute approximate surface area is 191 Å². The Kier molecular flexibility index (Phi) is 6.82. The van der Waals surface area contributed by atoms with Crippen molar-refractivity contribution in [1.82, 2.24) is 4.57 Å². The number of amides is 1. The SMILES string of the molecule is COC(=O)c1ccccc1-n1c(C)cc(/C=C(/C#N)C(=O)Nc2cccc(Cl)c2C)c1C. The molecule has 3 aromatic rings. The molecule has 0 aliphatic carbocycles. The third-order valence-corrected chi connectivity index (χ3v) is 5.61. The zero-order valence-electron chi connectivity index (χ0n) is 18.2. The molecule has 0 aliphatic heterocycles. The molecule has 7 heteroatoms. The second kappa shape index (κ2) is 9.54. The van der Waals surface area contributed by atoms with Crippen molar-refractivity contribution in [2.45, 2.75) is 20.8 Å². The van der Waals surface area contributed by atoms with Crippen LogP contribution in [0.25, 0.3) is 11.8 Å². The topological polar surface area (TPSA) is 84.1 Å². The summed E-state index contributed by atoms with van der Waals surface area (Å²) in [5, 5.41) is 12.9. The van der Waals surface area contributed by atoms with Crippen LogP contribution in [0.2, 0.25) is 5.02 Å². The molecule has 0 radical (unpaired) electrons. The number of ether oxygens (including phenoxy) is 1. The number of methoxy groups -OCH3 is 1. The van der Waals surface area contributed by atoms with Gasteiger partial charge in [-0.25, -0.2) is 4.79 Å². The number of benzene rings is 2. The minimum absolute atomic E-state index is 0.0501. The van der Waals surface area contributed by atoms with E-state index in [1.165, 1.54) is 13.2 Å². The number of nitrogens with zero attached hydrogens (tertiary/aromatic N) is 2. The molecule has 162 valence electrons. The lowest BCUT2D eigenvalue weighted by Gasteiger charge is -2.13. The molecule has 1 aromatic heterocycles. The zero-order chi connectivity index (χ0) is 23.4. The molecule has 0 aliphatic rings. The number of hydrogen-bond donors (Lipinski definition) is 1. The van der Waals surface area contributed by atoms with E-state index >= 15 is 0 Å². The van der Waals surface area contributed by atoms with E-state index in [0.29, 0.717) is 27.5 Å². The van der Waals surface area contributed by atoms with Crippen LogP contribution in [0, 0.1) is 32.1 Å². The molecule has 0 saturated carbocycles. The predicted octanol–water partition coefficient (Wildman–Crippen LogP) is 5.39. The van der Waals surface area contributed by atoms with Crippen LogP contribution in [-0.2, 0) is 9.53 Å². The first-order chi connectivity index (χ1) is 15.3. The normalized spacial score (nSPS) is 11.1. The number of aromatic nitrogens is 1. The molecule has 0 unspecified atom stereocenters. The highest BCUT2D eigenvalue weighted by Gasteiger charge is 2.18. The van der Waals surface area contributed by atoms with Gasteiger partial charge in [0, 0.05) is 22.1 Å². The molecule has 0 spiro atoms. The van der Waals surface area contributed by atoms with Gasteiger partial charge >= 0.3 is 5.97 Å². The molecule has 2 aromatic carbocycles. The van der Waals surface area contributed by atoms with Crippen LogP contribution in [-0.4, -0.2) is 23.6 Å². The van der Waals surface area contributed by atoms with Crippen LogP contribution >= 0.6 is 11.6 Å². The predicted molar refractivity (Wildman–Crippen MR) is 125 cm³/mol. The molecule has 1 amide bonds. The first-order valence-electron chi connectivity index (χ1n) is 9.83. The molecule has 3 rings (SSSR count). The summed E-state index contributed by atoms with van der Waals surface area (Å²) in [7, 11) is 1.34. The molecule has 0 fully saturated rings. The molecular weight excluding hydrogens is 426 g/mol. The number of nitriles is 1. The highest BCUT2D eigenvalue weighted by Crippen LogP contribution is 2.27. The van der Waals surface area contributed by atoms with Gasteiger partial charge in [-0.15, -0.1) is 0 Å². The monoisotopic (exact) mass is 447 g/mol. The first-order valence-corrected chi connectivity index (χ1v) is 10.2. The molecule has 6 nitrogen and oxygen atoms in total. The Morgan fingerprint density at radius 1 is 1.12 bits per heavy atom. The molecular formula is C25H22ClN3O3. The van der Waals surface area contributed by atoms with Gasteiger partial charge in [0.05, 0.1) is 18.4 Å². The van der Waals surface area contributed by atoms with Crippen LogP contribution in [0.4, 0.5) is 5.69 Å². The van der Waals surface area contributed by atoms with Crippen LogP contribution in [0.3, 0.4) is 0 Å². The highest BCUT2D eigenvalue weighted by atomic mass is 35.5. The van der Waals surface area contributed by atoms with Gasteiger partial charge in [0.2, 0.25) is 0 Å². The van der Waals surface area contributed by atoms with Gasteiger partial charge in [0.15, 0.2) is 0 Å². The van der Waals surface area contributed by atoms with Crippen LogP contribution in [0.1, 0.15) is 32.9 Å². The number of hydrogen-bond acceptors (Lipinski definition) is 4. The Morgan fingerprint density at radius 2 is 1.84 bits per heavy atom. The summed E-state index contributed by atoms with van der Waals surface area (Å²) in [6.45, 7) is 5.54. The van der Waals surface area contributed by atoms with Crippen molar-refractivity contribution in [3.63, 3.8) is 0 Å². The van der Waals surface area contributed by atoms with E-state index in [-0.39, 0.29) is 5.57 Å². The lowest BCUT2D eigenvalue weighted by molar-refractivity contribution is -0.112. The third-order valence-electron chi connectivity index (χ3n) is 5.20. The van der Waals surface area contributed by atoms with E-state index in [4.69, 9.17) is 16.3 Å². The summed E-state index contributed by atoms with van der Waals surface area (Å²) in [5.41, 5.74) is 4.60. The van der Waals surface area contributed by atoms with Crippen molar-refractivity contribution in [2.75, 3.05) is 12.4 Å². The van der Waals surface area contributed by atoms with Crippen molar-refractivity contribution in [3.8, 4) is 11.8 Å². The Hall–Kier alpha value is -3.82. The number of esters is 1.